The van der Waals surface area contributed by atoms with Crippen LogP contribution in [0.5, 0.6) is 0 Å². The van der Waals surface area contributed by atoms with E-state index in [9.17, 15) is 0 Å². The van der Waals surface area contributed by atoms with Crippen molar-refractivity contribution >= 4 is 11.3 Å². The van der Waals surface area contributed by atoms with Gasteiger partial charge in [0.05, 0.1) is 12.2 Å². The van der Waals surface area contributed by atoms with Crippen LogP contribution in [0.25, 0.3) is 0 Å². The Bertz CT molecular complexity index is 330. The van der Waals surface area contributed by atoms with Crippen molar-refractivity contribution in [1.82, 2.24) is 4.90 Å². The molecule has 0 unspecified atom stereocenters. The number of rotatable bonds is 3. The van der Waals surface area contributed by atoms with Gasteiger partial charge in [0.1, 0.15) is 0 Å². The molecule has 1 aromatic heterocycles. The molecule has 0 bridgehead atoms. The Morgan fingerprint density at radius 2 is 1.94 bits per heavy atom. The van der Waals surface area contributed by atoms with E-state index in [1.165, 1.54) is 9.75 Å². The zero-order valence-corrected chi connectivity index (χ0v) is 10.8. The second kappa shape index (κ2) is 5.27. The lowest BCUT2D eigenvalue weighted by molar-refractivity contribution is -0.0702. The first kappa shape index (κ1) is 12.0. The summed E-state index contributed by atoms with van der Waals surface area (Å²) in [4.78, 5) is 5.14. The third-order valence-electron chi connectivity index (χ3n) is 2.79. The molecule has 1 saturated heterocycles. The van der Waals surface area contributed by atoms with Crippen LogP contribution in [0.2, 0.25) is 0 Å². The summed E-state index contributed by atoms with van der Waals surface area (Å²) in [6.45, 7) is 8.02. The Morgan fingerprint density at radius 1 is 1.31 bits per heavy atom. The van der Waals surface area contributed by atoms with Gasteiger partial charge in [0.15, 0.2) is 0 Å². The van der Waals surface area contributed by atoms with Crippen LogP contribution < -0.4 is 5.73 Å². The minimum Gasteiger partial charge on any atom is -0.373 e. The maximum atomic E-state index is 5.72. The summed E-state index contributed by atoms with van der Waals surface area (Å²) >= 11 is 1.82. The zero-order valence-electron chi connectivity index (χ0n) is 9.98. The van der Waals surface area contributed by atoms with Gasteiger partial charge in [-0.1, -0.05) is 0 Å². The molecule has 2 atom stereocenters. The van der Waals surface area contributed by atoms with E-state index in [4.69, 9.17) is 10.5 Å². The summed E-state index contributed by atoms with van der Waals surface area (Å²) in [5.41, 5.74) is 5.62. The second-order valence-electron chi connectivity index (χ2n) is 4.52. The first-order valence-electron chi connectivity index (χ1n) is 5.83. The van der Waals surface area contributed by atoms with Crippen LogP contribution in [-0.4, -0.2) is 30.2 Å². The van der Waals surface area contributed by atoms with Crippen molar-refractivity contribution in [2.75, 3.05) is 13.1 Å². The highest BCUT2D eigenvalue weighted by Crippen LogP contribution is 2.20. The van der Waals surface area contributed by atoms with Gasteiger partial charge < -0.3 is 10.5 Å². The summed E-state index contributed by atoms with van der Waals surface area (Å²) in [7, 11) is 0. The van der Waals surface area contributed by atoms with E-state index < -0.39 is 0 Å². The highest BCUT2D eigenvalue weighted by Gasteiger charge is 2.22. The number of hydrogen-bond donors (Lipinski definition) is 1. The summed E-state index contributed by atoms with van der Waals surface area (Å²) in [6.07, 6.45) is 0.690. The number of nitrogens with zero attached hydrogens (tertiary/aromatic N) is 1. The molecule has 1 aliphatic rings. The van der Waals surface area contributed by atoms with Gasteiger partial charge in [-0.05, 0) is 26.0 Å². The molecule has 1 fully saturated rings. The third-order valence-corrected chi connectivity index (χ3v) is 3.89. The maximum absolute atomic E-state index is 5.72. The van der Waals surface area contributed by atoms with E-state index in [2.05, 4.69) is 30.9 Å². The second-order valence-corrected chi connectivity index (χ2v) is 5.78. The van der Waals surface area contributed by atoms with Crippen LogP contribution in [0, 0.1) is 0 Å². The molecule has 3 nitrogen and oxygen atoms in total. The maximum Gasteiger partial charge on any atom is 0.0678 e. The highest BCUT2D eigenvalue weighted by atomic mass is 32.1. The molecule has 0 aliphatic carbocycles. The van der Waals surface area contributed by atoms with Crippen LogP contribution >= 0.6 is 11.3 Å². The molecule has 0 amide bonds. The van der Waals surface area contributed by atoms with Gasteiger partial charge in [0.25, 0.3) is 0 Å². The number of thiophene rings is 1. The van der Waals surface area contributed by atoms with E-state index in [1.54, 1.807) is 0 Å². The Morgan fingerprint density at radius 3 is 2.50 bits per heavy atom. The Labute approximate surface area is 101 Å². The van der Waals surface area contributed by atoms with E-state index in [-0.39, 0.29) is 0 Å². The Kier molecular flexibility index (Phi) is 3.97. The topological polar surface area (TPSA) is 38.5 Å². The third kappa shape index (κ3) is 3.04. The van der Waals surface area contributed by atoms with Crippen molar-refractivity contribution in [2.45, 2.75) is 39.1 Å². The van der Waals surface area contributed by atoms with Gasteiger partial charge in [-0.15, -0.1) is 11.3 Å². The summed E-state index contributed by atoms with van der Waals surface area (Å²) in [5, 5.41) is 0. The smallest absolute Gasteiger partial charge is 0.0678 e. The predicted molar refractivity (Wildman–Crippen MR) is 67.5 cm³/mol. The molecule has 4 heteroatoms. The summed E-state index contributed by atoms with van der Waals surface area (Å²) in [6, 6.07) is 4.32. The largest absolute Gasteiger partial charge is 0.373 e. The molecule has 16 heavy (non-hydrogen) atoms. The molecule has 0 aromatic carbocycles. The molecule has 0 saturated carbocycles. The lowest BCUT2D eigenvalue weighted by Gasteiger charge is -2.34. The van der Waals surface area contributed by atoms with Crippen molar-refractivity contribution in [1.29, 1.82) is 0 Å². The summed E-state index contributed by atoms with van der Waals surface area (Å²) in [5.74, 6) is 0. The van der Waals surface area contributed by atoms with E-state index in [1.807, 2.05) is 11.3 Å². The Hall–Kier alpha value is -0.420. The molecule has 0 radical (unpaired) electrons. The van der Waals surface area contributed by atoms with Crippen molar-refractivity contribution in [2.24, 2.45) is 5.73 Å². The standard InChI is InChI=1S/C12H20N2OS/c1-9-6-14(7-10(2)15-9)8-12-4-3-11(5-13)16-12/h3-4,9-10H,5-8,13H2,1-2H3/t9-,10+. The quantitative estimate of drug-likeness (QED) is 0.876. The first-order valence-corrected chi connectivity index (χ1v) is 6.64. The van der Waals surface area contributed by atoms with Crippen LogP contribution in [0.1, 0.15) is 23.6 Å². The number of ether oxygens (including phenoxy) is 1. The SMILES string of the molecule is C[C@@H]1CN(Cc2ccc(CN)s2)C[C@H](C)O1. The molecule has 2 heterocycles. The van der Waals surface area contributed by atoms with Gasteiger partial charge in [-0.25, -0.2) is 0 Å². The fourth-order valence-electron chi connectivity index (χ4n) is 2.25. The van der Waals surface area contributed by atoms with Crippen molar-refractivity contribution in [3.8, 4) is 0 Å². The Balaban J connectivity index is 1.93. The van der Waals surface area contributed by atoms with E-state index in [0.717, 1.165) is 19.6 Å². The molecule has 2 rings (SSSR count). The zero-order chi connectivity index (χ0) is 11.5. The fourth-order valence-corrected chi connectivity index (χ4v) is 3.19. The molecule has 1 aliphatic heterocycles. The minimum atomic E-state index is 0.345. The monoisotopic (exact) mass is 240 g/mol. The number of nitrogens with two attached hydrogens (primary N) is 1. The van der Waals surface area contributed by atoms with E-state index >= 15 is 0 Å². The molecular weight excluding hydrogens is 220 g/mol. The van der Waals surface area contributed by atoms with Gasteiger partial charge in [0, 0.05) is 35.9 Å². The lowest BCUT2D eigenvalue weighted by Crippen LogP contribution is -2.44. The van der Waals surface area contributed by atoms with Crippen molar-refractivity contribution < 1.29 is 4.74 Å². The van der Waals surface area contributed by atoms with Crippen LogP contribution in [-0.2, 0) is 17.8 Å². The fraction of sp³-hybridized carbons (Fsp3) is 0.667. The number of hydrogen-bond acceptors (Lipinski definition) is 4. The van der Waals surface area contributed by atoms with Gasteiger partial charge in [0.2, 0.25) is 0 Å². The lowest BCUT2D eigenvalue weighted by atomic mass is 10.2. The average molecular weight is 240 g/mol. The van der Waals surface area contributed by atoms with Crippen LogP contribution in [0.15, 0.2) is 12.1 Å². The normalized spacial score (nSPS) is 27.2. The molecular formula is C12H20N2OS. The van der Waals surface area contributed by atoms with Crippen molar-refractivity contribution in [3.63, 3.8) is 0 Å². The van der Waals surface area contributed by atoms with Crippen molar-refractivity contribution in [3.05, 3.63) is 21.9 Å². The average Bonchev–Trinajstić information content (AvgIpc) is 2.64. The van der Waals surface area contributed by atoms with Gasteiger partial charge in [-0.2, -0.15) is 0 Å². The molecule has 1 aromatic rings. The van der Waals surface area contributed by atoms with E-state index in [0.29, 0.717) is 18.8 Å². The van der Waals surface area contributed by atoms with Gasteiger partial charge in [-0.3, -0.25) is 4.90 Å². The minimum absolute atomic E-state index is 0.345. The molecule has 2 N–H and O–H groups in total. The first-order chi connectivity index (χ1) is 7.67. The molecule has 0 spiro atoms. The van der Waals surface area contributed by atoms with Gasteiger partial charge >= 0.3 is 0 Å². The van der Waals surface area contributed by atoms with Crippen LogP contribution in [0.4, 0.5) is 0 Å². The summed E-state index contributed by atoms with van der Waals surface area (Å²) < 4.78 is 5.72. The van der Waals surface area contributed by atoms with Crippen LogP contribution in [0.3, 0.4) is 0 Å². The number of morpholine rings is 1. The molecule has 90 valence electrons. The highest BCUT2D eigenvalue weighted by molar-refractivity contribution is 7.11. The predicted octanol–water partition coefficient (Wildman–Crippen LogP) is 1.82.